The highest BCUT2D eigenvalue weighted by Crippen LogP contribution is 2.12. The summed E-state index contributed by atoms with van der Waals surface area (Å²) in [7, 11) is 0. The molecule has 0 saturated heterocycles. The van der Waals surface area contributed by atoms with E-state index in [4.69, 9.17) is 23.2 Å². The molecule has 66 valence electrons. The lowest BCUT2D eigenvalue weighted by molar-refractivity contribution is 0.803. The molecule has 0 bridgehead atoms. The zero-order chi connectivity index (χ0) is 8.97. The molecule has 1 atom stereocenters. The Hall–Kier alpha value is -0.200. The molecular weight excluding hydrogens is 191 g/mol. The lowest BCUT2D eigenvalue weighted by Gasteiger charge is -2.02. The van der Waals surface area contributed by atoms with Crippen molar-refractivity contribution >= 4 is 23.2 Å². The van der Waals surface area contributed by atoms with E-state index in [1.54, 1.807) is 0 Å². The van der Waals surface area contributed by atoms with Crippen LogP contribution in [0.1, 0.15) is 18.9 Å². The molecule has 0 N–H and O–H groups in total. The maximum absolute atomic E-state index is 5.83. The second-order valence-electron chi connectivity index (χ2n) is 2.95. The largest absolute Gasteiger partial charge is 0.123 e. The summed E-state index contributed by atoms with van der Waals surface area (Å²) in [6.45, 7) is 2.01. The third-order valence-electron chi connectivity index (χ3n) is 1.74. The van der Waals surface area contributed by atoms with Crippen LogP contribution in [0.2, 0.25) is 5.02 Å². The first-order valence-corrected chi connectivity index (χ1v) is 4.88. The Bertz CT molecular complexity index is 226. The normalized spacial score (nSPS) is 12.9. The molecule has 0 aromatic heterocycles. The summed E-state index contributed by atoms with van der Waals surface area (Å²) in [6, 6.07) is 7.91. The van der Waals surface area contributed by atoms with E-state index >= 15 is 0 Å². The molecule has 12 heavy (non-hydrogen) atoms. The van der Waals surface area contributed by atoms with Crippen molar-refractivity contribution in [2.45, 2.75) is 25.1 Å². The Morgan fingerprint density at radius 2 is 1.83 bits per heavy atom. The molecule has 0 aliphatic heterocycles. The molecule has 1 rings (SSSR count). The van der Waals surface area contributed by atoms with Gasteiger partial charge in [0, 0.05) is 10.4 Å². The van der Waals surface area contributed by atoms with E-state index in [9.17, 15) is 0 Å². The Morgan fingerprint density at radius 1 is 1.25 bits per heavy atom. The van der Waals surface area contributed by atoms with Gasteiger partial charge in [-0.25, -0.2) is 0 Å². The van der Waals surface area contributed by atoms with E-state index in [2.05, 4.69) is 0 Å². The van der Waals surface area contributed by atoms with Crippen LogP contribution in [0.3, 0.4) is 0 Å². The molecule has 0 fully saturated rings. The lowest BCUT2D eigenvalue weighted by Crippen LogP contribution is -1.93. The van der Waals surface area contributed by atoms with Gasteiger partial charge < -0.3 is 0 Å². The molecule has 1 aromatic carbocycles. The summed E-state index contributed by atoms with van der Waals surface area (Å²) in [5, 5.41) is 1.04. The summed E-state index contributed by atoms with van der Waals surface area (Å²) < 4.78 is 0. The van der Waals surface area contributed by atoms with Gasteiger partial charge in [0.1, 0.15) is 0 Å². The molecule has 1 unspecified atom stereocenters. The minimum absolute atomic E-state index is 0.251. The van der Waals surface area contributed by atoms with Crippen molar-refractivity contribution in [3.8, 4) is 0 Å². The van der Waals surface area contributed by atoms with Crippen molar-refractivity contribution in [1.29, 1.82) is 0 Å². The van der Waals surface area contributed by atoms with Crippen molar-refractivity contribution < 1.29 is 0 Å². The summed E-state index contributed by atoms with van der Waals surface area (Å²) in [4.78, 5) is 0. The Kier molecular flexibility index (Phi) is 3.90. The van der Waals surface area contributed by atoms with Gasteiger partial charge in [-0.15, -0.1) is 11.6 Å². The molecule has 0 aliphatic carbocycles. The molecule has 0 heterocycles. The Morgan fingerprint density at radius 3 is 2.33 bits per heavy atom. The van der Waals surface area contributed by atoms with Crippen molar-refractivity contribution in [2.24, 2.45) is 0 Å². The maximum atomic E-state index is 5.83. The van der Waals surface area contributed by atoms with Crippen molar-refractivity contribution in [2.75, 3.05) is 0 Å². The number of alkyl halides is 1. The molecule has 0 nitrogen and oxygen atoms in total. The topological polar surface area (TPSA) is 0 Å². The molecule has 0 amide bonds. The Balaban J connectivity index is 2.48. The monoisotopic (exact) mass is 202 g/mol. The molecule has 0 radical (unpaired) electrons. The summed E-state index contributed by atoms with van der Waals surface area (Å²) >= 11 is 11.6. The highest BCUT2D eigenvalue weighted by molar-refractivity contribution is 6.30. The number of rotatable bonds is 3. The zero-order valence-electron chi connectivity index (χ0n) is 7.06. The summed E-state index contributed by atoms with van der Waals surface area (Å²) in [5.74, 6) is 0. The zero-order valence-corrected chi connectivity index (χ0v) is 8.57. The second kappa shape index (κ2) is 4.74. The third kappa shape index (κ3) is 3.46. The standard InChI is InChI=1S/C10H12Cl2/c1-8(11)2-3-9-4-6-10(12)7-5-9/h4-8H,2-3H2,1H3. The van der Waals surface area contributed by atoms with Crippen LogP contribution in [-0.2, 0) is 6.42 Å². The number of aryl methyl sites for hydroxylation is 1. The fourth-order valence-corrected chi connectivity index (χ4v) is 1.25. The highest BCUT2D eigenvalue weighted by Gasteiger charge is 1.97. The van der Waals surface area contributed by atoms with Crippen LogP contribution >= 0.6 is 23.2 Å². The first-order chi connectivity index (χ1) is 5.68. The highest BCUT2D eigenvalue weighted by atomic mass is 35.5. The SMILES string of the molecule is CC(Cl)CCc1ccc(Cl)cc1. The Labute approximate surface area is 83.5 Å². The molecule has 0 saturated carbocycles. The van der Waals surface area contributed by atoms with Crippen molar-refractivity contribution in [1.82, 2.24) is 0 Å². The lowest BCUT2D eigenvalue weighted by atomic mass is 10.1. The van der Waals surface area contributed by atoms with Gasteiger partial charge in [0.25, 0.3) is 0 Å². The molecule has 0 aliphatic rings. The van der Waals surface area contributed by atoms with E-state index in [0.717, 1.165) is 17.9 Å². The van der Waals surface area contributed by atoms with Gasteiger partial charge in [-0.2, -0.15) is 0 Å². The van der Waals surface area contributed by atoms with Gasteiger partial charge >= 0.3 is 0 Å². The van der Waals surface area contributed by atoms with Crippen LogP contribution in [0.5, 0.6) is 0 Å². The van der Waals surface area contributed by atoms with E-state index in [1.807, 2.05) is 31.2 Å². The predicted molar refractivity (Wildman–Crippen MR) is 55.1 cm³/mol. The van der Waals surface area contributed by atoms with Gasteiger partial charge in [-0.1, -0.05) is 23.7 Å². The fourth-order valence-electron chi connectivity index (χ4n) is 1.02. The van der Waals surface area contributed by atoms with E-state index in [1.165, 1.54) is 5.56 Å². The van der Waals surface area contributed by atoms with Crippen LogP contribution < -0.4 is 0 Å². The van der Waals surface area contributed by atoms with Gasteiger partial charge in [-0.05, 0) is 37.5 Å². The van der Waals surface area contributed by atoms with E-state index < -0.39 is 0 Å². The predicted octanol–water partition coefficient (Wildman–Crippen LogP) is 3.90. The van der Waals surface area contributed by atoms with Crippen molar-refractivity contribution in [3.05, 3.63) is 34.9 Å². The van der Waals surface area contributed by atoms with Crippen LogP contribution in [0.15, 0.2) is 24.3 Å². The number of halogens is 2. The third-order valence-corrected chi connectivity index (χ3v) is 2.21. The summed E-state index contributed by atoms with van der Waals surface area (Å²) in [6.07, 6.45) is 2.05. The molecule has 0 spiro atoms. The smallest absolute Gasteiger partial charge is 0.0406 e. The van der Waals surface area contributed by atoms with Crippen LogP contribution in [-0.4, -0.2) is 5.38 Å². The van der Waals surface area contributed by atoms with Gasteiger partial charge in [0.05, 0.1) is 0 Å². The molecule has 2 heteroatoms. The van der Waals surface area contributed by atoms with E-state index in [0.29, 0.717) is 0 Å². The average Bonchev–Trinajstić information content (AvgIpc) is 2.03. The van der Waals surface area contributed by atoms with Crippen LogP contribution in [0.25, 0.3) is 0 Å². The van der Waals surface area contributed by atoms with Crippen LogP contribution in [0.4, 0.5) is 0 Å². The number of hydrogen-bond acceptors (Lipinski definition) is 0. The maximum Gasteiger partial charge on any atom is 0.0406 e. The van der Waals surface area contributed by atoms with Gasteiger partial charge in [-0.3, -0.25) is 0 Å². The van der Waals surface area contributed by atoms with Gasteiger partial charge in [0.2, 0.25) is 0 Å². The minimum atomic E-state index is 0.251. The van der Waals surface area contributed by atoms with Crippen molar-refractivity contribution in [3.63, 3.8) is 0 Å². The summed E-state index contributed by atoms with van der Waals surface area (Å²) in [5.41, 5.74) is 1.30. The number of benzene rings is 1. The van der Waals surface area contributed by atoms with Gasteiger partial charge in [0.15, 0.2) is 0 Å². The average molecular weight is 203 g/mol. The fraction of sp³-hybridized carbons (Fsp3) is 0.400. The second-order valence-corrected chi connectivity index (χ2v) is 4.13. The molecule has 1 aromatic rings. The van der Waals surface area contributed by atoms with E-state index in [-0.39, 0.29) is 5.38 Å². The quantitative estimate of drug-likeness (QED) is 0.653. The first-order valence-electron chi connectivity index (χ1n) is 4.07. The number of hydrogen-bond donors (Lipinski definition) is 0. The molecular formula is C10H12Cl2. The van der Waals surface area contributed by atoms with Crippen LogP contribution in [0, 0.1) is 0 Å². The first kappa shape index (κ1) is 9.88. The minimum Gasteiger partial charge on any atom is -0.123 e.